The molecule has 1 aromatic carbocycles. The maximum atomic E-state index is 12.9. The van der Waals surface area contributed by atoms with Gasteiger partial charge < -0.3 is 4.98 Å². The van der Waals surface area contributed by atoms with E-state index in [2.05, 4.69) is 4.98 Å². The molecular formula is C15H17N3O5S. The molecule has 0 radical (unpaired) electrons. The van der Waals surface area contributed by atoms with Gasteiger partial charge in [-0.05, 0) is 38.0 Å². The van der Waals surface area contributed by atoms with Gasteiger partial charge in [0.15, 0.2) is 0 Å². The lowest BCUT2D eigenvalue weighted by Gasteiger charge is -2.27. The van der Waals surface area contributed by atoms with Crippen LogP contribution in [0.25, 0.3) is 10.9 Å². The lowest BCUT2D eigenvalue weighted by molar-refractivity contribution is -0.125. The molecule has 9 heteroatoms. The van der Waals surface area contributed by atoms with Crippen molar-refractivity contribution in [3.8, 4) is 0 Å². The second-order valence-corrected chi connectivity index (χ2v) is 8.07. The molecule has 0 spiro atoms. The molecule has 0 bridgehead atoms. The molecule has 0 unspecified atom stereocenters. The van der Waals surface area contributed by atoms with Gasteiger partial charge in [-0.2, -0.15) is 0 Å². The number of nitrogens with zero attached hydrogens (tertiary/aromatic N) is 2. The van der Waals surface area contributed by atoms with E-state index in [1.807, 2.05) is 0 Å². The minimum atomic E-state index is -4.08. The van der Waals surface area contributed by atoms with Crippen LogP contribution in [0.5, 0.6) is 0 Å². The van der Waals surface area contributed by atoms with Crippen molar-refractivity contribution in [2.24, 2.45) is 7.05 Å². The molecule has 0 saturated heterocycles. The fraction of sp³-hybridized carbons (Fsp3) is 0.400. The molecule has 2 aromatic rings. The molecule has 0 atom stereocenters. The van der Waals surface area contributed by atoms with Gasteiger partial charge in [-0.1, -0.05) is 0 Å². The summed E-state index contributed by atoms with van der Waals surface area (Å²) in [4.78, 5) is 38.1. The van der Waals surface area contributed by atoms with Gasteiger partial charge in [-0.25, -0.2) is 17.5 Å². The van der Waals surface area contributed by atoms with Crippen LogP contribution in [0, 0.1) is 0 Å². The van der Waals surface area contributed by atoms with Gasteiger partial charge in [0.05, 0.1) is 21.3 Å². The first kappa shape index (κ1) is 16.4. The lowest BCUT2D eigenvalue weighted by Crippen LogP contribution is -2.43. The predicted molar refractivity (Wildman–Crippen MR) is 87.2 cm³/mol. The van der Waals surface area contributed by atoms with Crippen LogP contribution < -0.4 is 11.2 Å². The van der Waals surface area contributed by atoms with Crippen LogP contribution in [0.4, 0.5) is 0 Å². The van der Waals surface area contributed by atoms with E-state index < -0.39 is 32.7 Å². The van der Waals surface area contributed by atoms with Crippen molar-refractivity contribution in [2.75, 3.05) is 0 Å². The average Bonchev–Trinajstić information content (AvgIpc) is 3.21. The van der Waals surface area contributed by atoms with Crippen LogP contribution in [0.2, 0.25) is 0 Å². The number of aromatic amines is 1. The summed E-state index contributed by atoms with van der Waals surface area (Å²) in [5.41, 5.74) is -1.65. The summed E-state index contributed by atoms with van der Waals surface area (Å²) in [5.74, 6) is -0.565. The molecular weight excluding hydrogens is 334 g/mol. The van der Waals surface area contributed by atoms with Crippen LogP contribution in [0.15, 0.2) is 32.7 Å². The smallest absolute Gasteiger partial charge is 0.307 e. The molecule has 1 fully saturated rings. The molecule has 1 N–H and O–H groups in total. The zero-order chi connectivity index (χ0) is 17.9. The van der Waals surface area contributed by atoms with Crippen LogP contribution >= 0.6 is 0 Å². The van der Waals surface area contributed by atoms with Gasteiger partial charge in [0.25, 0.3) is 15.6 Å². The summed E-state index contributed by atoms with van der Waals surface area (Å²) in [5, 5.41) is 0.0719. The topological polar surface area (TPSA) is 109 Å². The number of carbonyl (C=O) groups is 1. The van der Waals surface area contributed by atoms with Gasteiger partial charge >= 0.3 is 5.69 Å². The largest absolute Gasteiger partial charge is 0.328 e. The normalized spacial score (nSPS) is 16.1. The van der Waals surface area contributed by atoms with E-state index in [9.17, 15) is 22.8 Å². The maximum Gasteiger partial charge on any atom is 0.328 e. The Kier molecular flexibility index (Phi) is 3.45. The van der Waals surface area contributed by atoms with E-state index in [0.29, 0.717) is 12.8 Å². The Morgan fingerprint density at radius 3 is 2.46 bits per heavy atom. The molecule has 1 aliphatic rings. The number of benzene rings is 1. The SMILES string of the molecule is CC(=O)N(C1(C)CC1)S(=O)(=O)c1ccc2[nH]c(=O)n(C)c(=O)c2c1. The Labute approximate surface area is 137 Å². The van der Waals surface area contributed by atoms with Gasteiger partial charge in [-0.3, -0.25) is 14.2 Å². The summed E-state index contributed by atoms with van der Waals surface area (Å²) < 4.78 is 27.5. The second kappa shape index (κ2) is 5.04. The lowest BCUT2D eigenvalue weighted by atomic mass is 10.2. The van der Waals surface area contributed by atoms with E-state index in [1.165, 1.54) is 32.2 Å². The molecule has 1 heterocycles. The van der Waals surface area contributed by atoms with Gasteiger partial charge in [-0.15, -0.1) is 0 Å². The average molecular weight is 351 g/mol. The van der Waals surface area contributed by atoms with E-state index in [4.69, 9.17) is 0 Å². The molecule has 0 aliphatic heterocycles. The summed E-state index contributed by atoms with van der Waals surface area (Å²) in [7, 11) is -2.78. The fourth-order valence-corrected chi connectivity index (χ4v) is 4.59. The summed E-state index contributed by atoms with van der Waals surface area (Å²) in [6, 6.07) is 3.85. The zero-order valence-electron chi connectivity index (χ0n) is 13.5. The minimum absolute atomic E-state index is 0.0719. The predicted octanol–water partition coefficient (Wildman–Crippen LogP) is 0.316. The zero-order valence-corrected chi connectivity index (χ0v) is 14.3. The number of hydrogen-bond donors (Lipinski definition) is 1. The monoisotopic (exact) mass is 351 g/mol. The first-order valence-corrected chi connectivity index (χ1v) is 8.81. The van der Waals surface area contributed by atoms with Crippen molar-refractivity contribution in [1.29, 1.82) is 0 Å². The highest BCUT2D eigenvalue weighted by Gasteiger charge is 2.50. The van der Waals surface area contributed by atoms with Crippen LogP contribution in [0.1, 0.15) is 26.7 Å². The van der Waals surface area contributed by atoms with Crippen molar-refractivity contribution in [1.82, 2.24) is 13.9 Å². The summed E-state index contributed by atoms with van der Waals surface area (Å²) in [6.45, 7) is 2.92. The number of fused-ring (bicyclic) bond motifs is 1. The minimum Gasteiger partial charge on any atom is -0.307 e. The van der Waals surface area contributed by atoms with Crippen LogP contribution in [-0.4, -0.2) is 33.7 Å². The van der Waals surface area contributed by atoms with Crippen LogP contribution in [0.3, 0.4) is 0 Å². The van der Waals surface area contributed by atoms with Crippen molar-refractivity contribution < 1.29 is 13.2 Å². The molecule has 24 heavy (non-hydrogen) atoms. The van der Waals surface area contributed by atoms with E-state index in [-0.39, 0.29) is 15.8 Å². The number of amides is 1. The highest BCUT2D eigenvalue weighted by Crippen LogP contribution is 2.44. The number of nitrogens with one attached hydrogen (secondary N) is 1. The molecule has 3 rings (SSSR count). The summed E-state index contributed by atoms with van der Waals surface area (Å²) in [6.07, 6.45) is 1.21. The third kappa shape index (κ3) is 2.35. The Bertz CT molecular complexity index is 1080. The standard InChI is InChI=1S/C15H17N3O5S/c1-9(19)18(15(2)6-7-15)24(22,23)10-4-5-12-11(8-10)13(20)17(3)14(21)16-12/h4-5,8H,6-7H2,1-3H3,(H,16,21). The second-order valence-electron chi connectivity index (χ2n) is 6.29. The van der Waals surface area contributed by atoms with Gasteiger partial charge in [0.1, 0.15) is 0 Å². The highest BCUT2D eigenvalue weighted by atomic mass is 32.2. The molecule has 1 aliphatic carbocycles. The Morgan fingerprint density at radius 1 is 1.29 bits per heavy atom. The number of sulfonamides is 1. The molecule has 1 saturated carbocycles. The fourth-order valence-electron chi connectivity index (χ4n) is 2.77. The molecule has 128 valence electrons. The number of hydrogen-bond acceptors (Lipinski definition) is 5. The Balaban J connectivity index is 2.24. The van der Waals surface area contributed by atoms with E-state index in [1.54, 1.807) is 6.92 Å². The summed E-state index contributed by atoms with van der Waals surface area (Å²) >= 11 is 0. The number of rotatable bonds is 3. The first-order chi connectivity index (χ1) is 11.1. The first-order valence-electron chi connectivity index (χ1n) is 7.37. The third-order valence-corrected chi connectivity index (χ3v) is 6.39. The van der Waals surface area contributed by atoms with Crippen molar-refractivity contribution in [3.05, 3.63) is 39.0 Å². The Hall–Kier alpha value is -2.42. The molecule has 8 nitrogen and oxygen atoms in total. The maximum absolute atomic E-state index is 12.9. The van der Waals surface area contributed by atoms with E-state index >= 15 is 0 Å². The quantitative estimate of drug-likeness (QED) is 0.856. The van der Waals surface area contributed by atoms with Crippen molar-refractivity contribution in [2.45, 2.75) is 37.1 Å². The number of carbonyl (C=O) groups excluding carboxylic acids is 1. The number of H-pyrrole nitrogens is 1. The van der Waals surface area contributed by atoms with Gasteiger partial charge in [0, 0.05) is 14.0 Å². The molecule has 1 aromatic heterocycles. The van der Waals surface area contributed by atoms with Crippen molar-refractivity contribution >= 4 is 26.8 Å². The van der Waals surface area contributed by atoms with Gasteiger partial charge in [0.2, 0.25) is 5.91 Å². The highest BCUT2D eigenvalue weighted by molar-refractivity contribution is 7.89. The van der Waals surface area contributed by atoms with E-state index in [0.717, 1.165) is 8.87 Å². The van der Waals surface area contributed by atoms with Crippen molar-refractivity contribution in [3.63, 3.8) is 0 Å². The van der Waals surface area contributed by atoms with Crippen LogP contribution in [-0.2, 0) is 21.9 Å². The molecule has 1 amide bonds. The third-order valence-electron chi connectivity index (χ3n) is 4.36. The Morgan fingerprint density at radius 2 is 1.92 bits per heavy atom. The number of aromatic nitrogens is 2.